The molecule has 0 bridgehead atoms. The van der Waals surface area contributed by atoms with Gasteiger partial charge in [0.2, 0.25) is 0 Å². The first-order valence-electron chi connectivity index (χ1n) is 5.86. The zero-order valence-corrected chi connectivity index (χ0v) is 11.2. The summed E-state index contributed by atoms with van der Waals surface area (Å²) in [4.78, 5) is 0.166. The normalized spacial score (nSPS) is 11.6. The van der Waals surface area contributed by atoms with E-state index in [1.807, 2.05) is 0 Å². The third kappa shape index (κ3) is 2.30. The van der Waals surface area contributed by atoms with Gasteiger partial charge in [0.15, 0.2) is 0 Å². The Morgan fingerprint density at radius 2 is 1.85 bits per heavy atom. The van der Waals surface area contributed by atoms with E-state index in [1.165, 1.54) is 12.1 Å². The van der Waals surface area contributed by atoms with Crippen LogP contribution < -0.4 is 10.5 Å². The number of rotatable bonds is 3. The van der Waals surface area contributed by atoms with Crippen molar-refractivity contribution in [3.05, 3.63) is 48.7 Å². The Morgan fingerprint density at radius 3 is 2.60 bits per heavy atom. The molecular formula is C13H12N4O2S. The van der Waals surface area contributed by atoms with Crippen LogP contribution in [0.25, 0.3) is 10.9 Å². The average Bonchev–Trinajstić information content (AvgIpc) is 2.86. The van der Waals surface area contributed by atoms with E-state index in [0.29, 0.717) is 11.4 Å². The summed E-state index contributed by atoms with van der Waals surface area (Å²) in [5.74, 6) is 0. The quantitative estimate of drug-likeness (QED) is 0.641. The number of H-pyrrole nitrogens is 1. The molecule has 0 saturated heterocycles. The molecule has 3 aromatic rings. The zero-order valence-electron chi connectivity index (χ0n) is 10.4. The van der Waals surface area contributed by atoms with Gasteiger partial charge in [-0.3, -0.25) is 9.82 Å². The Labute approximate surface area is 115 Å². The number of sulfonamides is 1. The highest BCUT2D eigenvalue weighted by Crippen LogP contribution is 2.20. The van der Waals surface area contributed by atoms with Crippen LogP contribution >= 0.6 is 0 Å². The summed E-state index contributed by atoms with van der Waals surface area (Å²) in [7, 11) is -3.62. The summed E-state index contributed by atoms with van der Waals surface area (Å²) in [5, 5.41) is 7.53. The zero-order chi connectivity index (χ0) is 14.2. The molecular weight excluding hydrogens is 276 g/mol. The lowest BCUT2D eigenvalue weighted by Gasteiger charge is -2.08. The molecule has 0 aliphatic carbocycles. The smallest absolute Gasteiger partial charge is 0.261 e. The summed E-state index contributed by atoms with van der Waals surface area (Å²) in [6.45, 7) is 0. The Hall–Kier alpha value is -2.54. The molecule has 0 spiro atoms. The summed E-state index contributed by atoms with van der Waals surface area (Å²) >= 11 is 0. The molecule has 0 aliphatic rings. The first kappa shape index (κ1) is 12.5. The van der Waals surface area contributed by atoms with E-state index in [4.69, 9.17) is 5.73 Å². The second-order valence-corrected chi connectivity index (χ2v) is 6.03. The third-order valence-corrected chi connectivity index (χ3v) is 4.28. The van der Waals surface area contributed by atoms with Crippen LogP contribution in [0, 0.1) is 0 Å². The van der Waals surface area contributed by atoms with Crippen LogP contribution in [0.2, 0.25) is 0 Å². The van der Waals surface area contributed by atoms with Crippen molar-refractivity contribution >= 4 is 32.3 Å². The second-order valence-electron chi connectivity index (χ2n) is 4.35. The number of nitrogens with one attached hydrogen (secondary N) is 2. The predicted octanol–water partition coefficient (Wildman–Crippen LogP) is 1.95. The molecule has 1 aromatic heterocycles. The number of nitrogen functional groups attached to an aromatic ring is 1. The highest BCUT2D eigenvalue weighted by molar-refractivity contribution is 7.92. The first-order valence-corrected chi connectivity index (χ1v) is 7.34. The van der Waals surface area contributed by atoms with Gasteiger partial charge in [-0.2, -0.15) is 5.10 Å². The number of hydrogen-bond acceptors (Lipinski definition) is 4. The topological polar surface area (TPSA) is 101 Å². The number of aromatic nitrogens is 2. The summed E-state index contributed by atoms with van der Waals surface area (Å²) < 4.78 is 26.9. The Kier molecular flexibility index (Phi) is 2.83. The van der Waals surface area contributed by atoms with Crippen molar-refractivity contribution in [3.8, 4) is 0 Å². The van der Waals surface area contributed by atoms with Gasteiger partial charge in [-0.15, -0.1) is 0 Å². The number of aromatic amines is 1. The molecule has 7 heteroatoms. The van der Waals surface area contributed by atoms with E-state index in [1.54, 1.807) is 36.5 Å². The SMILES string of the molecule is Nc1ccc(S(=O)(=O)Nc2ccc3[nH]ncc3c2)cc1. The Bertz CT molecular complexity index is 853. The number of hydrogen-bond donors (Lipinski definition) is 3. The molecule has 3 rings (SSSR count). The van der Waals surface area contributed by atoms with Gasteiger partial charge in [0.25, 0.3) is 10.0 Å². The first-order chi connectivity index (χ1) is 9.54. The number of nitrogens with zero attached hydrogens (tertiary/aromatic N) is 1. The van der Waals surface area contributed by atoms with Gasteiger partial charge in [-0.25, -0.2) is 8.42 Å². The lowest BCUT2D eigenvalue weighted by Crippen LogP contribution is -2.12. The van der Waals surface area contributed by atoms with Crippen LogP contribution in [0.1, 0.15) is 0 Å². The maximum absolute atomic E-state index is 12.2. The molecule has 0 saturated carbocycles. The molecule has 0 unspecified atom stereocenters. The van der Waals surface area contributed by atoms with Crippen LogP contribution in [-0.2, 0) is 10.0 Å². The fourth-order valence-electron chi connectivity index (χ4n) is 1.87. The monoisotopic (exact) mass is 288 g/mol. The van der Waals surface area contributed by atoms with Gasteiger partial charge in [0, 0.05) is 16.8 Å². The van der Waals surface area contributed by atoms with Crippen molar-refractivity contribution in [2.45, 2.75) is 4.90 Å². The molecule has 0 radical (unpaired) electrons. The number of fused-ring (bicyclic) bond motifs is 1. The van der Waals surface area contributed by atoms with Crippen LogP contribution in [0.15, 0.2) is 53.6 Å². The Morgan fingerprint density at radius 1 is 1.10 bits per heavy atom. The average molecular weight is 288 g/mol. The summed E-state index contributed by atoms with van der Waals surface area (Å²) in [6, 6.07) is 11.2. The minimum atomic E-state index is -3.62. The highest BCUT2D eigenvalue weighted by Gasteiger charge is 2.14. The maximum atomic E-state index is 12.2. The van der Waals surface area contributed by atoms with Crippen molar-refractivity contribution in [1.29, 1.82) is 0 Å². The minimum absolute atomic E-state index is 0.166. The van der Waals surface area contributed by atoms with Crippen molar-refractivity contribution in [3.63, 3.8) is 0 Å². The summed E-state index contributed by atoms with van der Waals surface area (Å²) in [5.41, 5.74) is 7.39. The lowest BCUT2D eigenvalue weighted by molar-refractivity contribution is 0.601. The lowest BCUT2D eigenvalue weighted by atomic mass is 10.2. The number of benzene rings is 2. The van der Waals surface area contributed by atoms with Crippen molar-refractivity contribution in [2.75, 3.05) is 10.5 Å². The van der Waals surface area contributed by atoms with Crippen LogP contribution in [0.3, 0.4) is 0 Å². The molecule has 0 aliphatic heterocycles. The van der Waals surface area contributed by atoms with Gasteiger partial charge >= 0.3 is 0 Å². The van der Waals surface area contributed by atoms with Crippen LogP contribution in [0.4, 0.5) is 11.4 Å². The van der Waals surface area contributed by atoms with Crippen LogP contribution in [-0.4, -0.2) is 18.6 Å². The van der Waals surface area contributed by atoms with E-state index in [9.17, 15) is 8.42 Å². The minimum Gasteiger partial charge on any atom is -0.399 e. The van der Waals surface area contributed by atoms with E-state index >= 15 is 0 Å². The third-order valence-electron chi connectivity index (χ3n) is 2.88. The highest BCUT2D eigenvalue weighted by atomic mass is 32.2. The van der Waals surface area contributed by atoms with E-state index in [0.717, 1.165) is 10.9 Å². The van der Waals surface area contributed by atoms with Crippen molar-refractivity contribution in [1.82, 2.24) is 10.2 Å². The van der Waals surface area contributed by atoms with Crippen molar-refractivity contribution in [2.24, 2.45) is 0 Å². The second kappa shape index (κ2) is 4.53. The Balaban J connectivity index is 1.94. The fourth-order valence-corrected chi connectivity index (χ4v) is 2.92. The van der Waals surface area contributed by atoms with Gasteiger partial charge < -0.3 is 5.73 Å². The number of nitrogens with two attached hydrogens (primary N) is 1. The molecule has 6 nitrogen and oxygen atoms in total. The molecule has 1 heterocycles. The van der Waals surface area contributed by atoms with Gasteiger partial charge in [-0.1, -0.05) is 0 Å². The fraction of sp³-hybridized carbons (Fsp3) is 0. The molecule has 0 amide bonds. The molecule has 4 N–H and O–H groups in total. The standard InChI is InChI=1S/C13H12N4O2S/c14-10-1-4-12(5-2-10)20(18,19)17-11-3-6-13-9(7-11)8-15-16-13/h1-8,17H,14H2,(H,15,16). The van der Waals surface area contributed by atoms with Gasteiger partial charge in [0.05, 0.1) is 16.6 Å². The maximum Gasteiger partial charge on any atom is 0.261 e. The molecule has 102 valence electrons. The van der Waals surface area contributed by atoms with E-state index < -0.39 is 10.0 Å². The largest absolute Gasteiger partial charge is 0.399 e. The van der Waals surface area contributed by atoms with Gasteiger partial charge in [-0.05, 0) is 42.5 Å². The molecule has 20 heavy (non-hydrogen) atoms. The van der Waals surface area contributed by atoms with E-state index in [-0.39, 0.29) is 4.90 Å². The van der Waals surface area contributed by atoms with Crippen LogP contribution in [0.5, 0.6) is 0 Å². The number of anilines is 2. The van der Waals surface area contributed by atoms with E-state index in [2.05, 4.69) is 14.9 Å². The predicted molar refractivity (Wildman–Crippen MR) is 77.8 cm³/mol. The molecule has 0 atom stereocenters. The van der Waals surface area contributed by atoms with Gasteiger partial charge in [0.1, 0.15) is 0 Å². The van der Waals surface area contributed by atoms with Crippen molar-refractivity contribution < 1.29 is 8.42 Å². The molecule has 0 fully saturated rings. The molecule has 2 aromatic carbocycles. The summed E-state index contributed by atoms with van der Waals surface area (Å²) in [6.07, 6.45) is 1.64.